The molecule has 0 radical (unpaired) electrons. The van der Waals surface area contributed by atoms with Crippen molar-refractivity contribution in [1.82, 2.24) is 10.2 Å². The summed E-state index contributed by atoms with van der Waals surface area (Å²) in [7, 11) is 1.93. The van der Waals surface area contributed by atoms with Gasteiger partial charge in [-0.3, -0.25) is 4.79 Å². The minimum atomic E-state index is 0.0330. The van der Waals surface area contributed by atoms with Crippen molar-refractivity contribution in [2.24, 2.45) is 11.8 Å². The van der Waals surface area contributed by atoms with Crippen LogP contribution < -0.4 is 5.32 Å². The van der Waals surface area contributed by atoms with E-state index in [1.54, 1.807) is 0 Å². The third-order valence-corrected chi connectivity index (χ3v) is 5.29. The Bertz CT molecular complexity index is 332. The Morgan fingerprint density at radius 1 is 1.16 bits per heavy atom. The number of hydrogen-bond acceptors (Lipinski definition) is 3. The van der Waals surface area contributed by atoms with Gasteiger partial charge in [0.05, 0.1) is 19.1 Å². The quantitative estimate of drug-likeness (QED) is 0.821. The standard InChI is InChI=1S/C15H26N2O2/c1-16-13-10-19-9-12(13)15(18)17-8-4-6-11-5-2-3-7-14(11)17/h11-14,16H,2-10H2,1H3. The Hall–Kier alpha value is -0.610. The van der Waals surface area contributed by atoms with Gasteiger partial charge in [0, 0.05) is 18.6 Å². The number of hydrogen-bond donors (Lipinski definition) is 1. The zero-order valence-electron chi connectivity index (χ0n) is 11.9. The summed E-state index contributed by atoms with van der Waals surface area (Å²) in [5, 5.41) is 3.23. The van der Waals surface area contributed by atoms with Crippen LogP contribution in [0, 0.1) is 11.8 Å². The topological polar surface area (TPSA) is 41.6 Å². The lowest BCUT2D eigenvalue weighted by Gasteiger charge is -2.45. The molecule has 0 aromatic rings. The van der Waals surface area contributed by atoms with Crippen LogP contribution in [0.3, 0.4) is 0 Å². The average Bonchev–Trinajstić information content (AvgIpc) is 2.94. The zero-order valence-corrected chi connectivity index (χ0v) is 11.9. The van der Waals surface area contributed by atoms with E-state index in [9.17, 15) is 4.79 Å². The second kappa shape index (κ2) is 5.80. The molecule has 0 bridgehead atoms. The highest BCUT2D eigenvalue weighted by Crippen LogP contribution is 2.36. The van der Waals surface area contributed by atoms with Gasteiger partial charge >= 0.3 is 0 Å². The molecular formula is C15H26N2O2. The molecule has 3 aliphatic rings. The van der Waals surface area contributed by atoms with Crippen LogP contribution >= 0.6 is 0 Å². The number of fused-ring (bicyclic) bond motifs is 1. The van der Waals surface area contributed by atoms with Crippen LogP contribution in [-0.2, 0) is 9.53 Å². The van der Waals surface area contributed by atoms with Gasteiger partial charge in [0.15, 0.2) is 0 Å². The number of likely N-dealkylation sites (tertiary alicyclic amines) is 1. The third kappa shape index (κ3) is 2.52. The lowest BCUT2D eigenvalue weighted by Crippen LogP contribution is -2.54. The van der Waals surface area contributed by atoms with Crippen LogP contribution in [0.4, 0.5) is 0 Å². The van der Waals surface area contributed by atoms with E-state index in [0.717, 1.165) is 12.5 Å². The summed E-state index contributed by atoms with van der Waals surface area (Å²) in [5.41, 5.74) is 0. The van der Waals surface area contributed by atoms with Crippen molar-refractivity contribution in [2.45, 2.75) is 50.6 Å². The number of carbonyl (C=O) groups is 1. The maximum atomic E-state index is 12.8. The minimum Gasteiger partial charge on any atom is -0.379 e. The monoisotopic (exact) mass is 266 g/mol. The Labute approximate surface area is 115 Å². The molecule has 0 spiro atoms. The van der Waals surface area contributed by atoms with Crippen LogP contribution in [0.2, 0.25) is 0 Å². The maximum Gasteiger partial charge on any atom is 0.229 e. The van der Waals surface area contributed by atoms with E-state index in [4.69, 9.17) is 4.74 Å². The van der Waals surface area contributed by atoms with E-state index in [1.807, 2.05) is 7.05 Å². The third-order valence-electron chi connectivity index (χ3n) is 5.29. The van der Waals surface area contributed by atoms with E-state index in [-0.39, 0.29) is 12.0 Å². The molecule has 4 atom stereocenters. The second-order valence-corrected chi connectivity index (χ2v) is 6.32. The first-order valence-electron chi connectivity index (χ1n) is 7.86. The highest BCUT2D eigenvalue weighted by molar-refractivity contribution is 5.80. The molecule has 3 fully saturated rings. The molecule has 19 heavy (non-hydrogen) atoms. The van der Waals surface area contributed by atoms with Gasteiger partial charge in [-0.2, -0.15) is 0 Å². The summed E-state index contributed by atoms with van der Waals surface area (Å²) in [4.78, 5) is 15.0. The number of likely N-dealkylation sites (N-methyl/N-ethyl adjacent to an activating group) is 1. The van der Waals surface area contributed by atoms with E-state index in [1.165, 1.54) is 38.5 Å². The number of carbonyl (C=O) groups excluding carboxylic acids is 1. The van der Waals surface area contributed by atoms with Crippen LogP contribution in [-0.4, -0.2) is 49.7 Å². The smallest absolute Gasteiger partial charge is 0.229 e. The molecule has 4 nitrogen and oxygen atoms in total. The van der Waals surface area contributed by atoms with Gasteiger partial charge < -0.3 is 15.0 Å². The van der Waals surface area contributed by atoms with Crippen LogP contribution in [0.5, 0.6) is 0 Å². The van der Waals surface area contributed by atoms with Gasteiger partial charge in [0.25, 0.3) is 0 Å². The van der Waals surface area contributed by atoms with Crippen molar-refractivity contribution >= 4 is 5.91 Å². The minimum absolute atomic E-state index is 0.0330. The molecule has 0 aromatic heterocycles. The number of ether oxygens (including phenoxy) is 1. The first-order valence-corrected chi connectivity index (χ1v) is 7.86. The molecule has 2 heterocycles. The van der Waals surface area contributed by atoms with Crippen molar-refractivity contribution in [3.8, 4) is 0 Å². The molecule has 1 aliphatic carbocycles. The lowest BCUT2D eigenvalue weighted by atomic mass is 9.78. The number of rotatable bonds is 2. The molecule has 4 unspecified atom stereocenters. The molecule has 3 rings (SSSR count). The average molecular weight is 266 g/mol. The molecule has 1 saturated carbocycles. The first kappa shape index (κ1) is 13.4. The van der Waals surface area contributed by atoms with E-state index >= 15 is 0 Å². The van der Waals surface area contributed by atoms with Crippen molar-refractivity contribution in [2.75, 3.05) is 26.8 Å². The van der Waals surface area contributed by atoms with Crippen molar-refractivity contribution in [1.29, 1.82) is 0 Å². The van der Waals surface area contributed by atoms with Gasteiger partial charge in [-0.05, 0) is 38.6 Å². The SMILES string of the molecule is CNC1COCC1C(=O)N1CCCC2CCCCC21. The highest BCUT2D eigenvalue weighted by Gasteiger charge is 2.41. The predicted octanol–water partition coefficient (Wildman–Crippen LogP) is 1.40. The van der Waals surface area contributed by atoms with Gasteiger partial charge in [-0.1, -0.05) is 12.8 Å². The molecule has 2 saturated heterocycles. The Balaban J connectivity index is 1.71. The number of amides is 1. The number of piperidine rings is 1. The summed E-state index contributed by atoms with van der Waals surface area (Å²) < 4.78 is 5.50. The van der Waals surface area contributed by atoms with E-state index in [0.29, 0.717) is 25.2 Å². The summed E-state index contributed by atoms with van der Waals surface area (Å²) in [6.07, 6.45) is 7.70. The van der Waals surface area contributed by atoms with Gasteiger partial charge in [-0.25, -0.2) is 0 Å². The molecule has 0 aromatic carbocycles. The Morgan fingerprint density at radius 2 is 1.95 bits per heavy atom. The van der Waals surface area contributed by atoms with Crippen molar-refractivity contribution in [3.05, 3.63) is 0 Å². The lowest BCUT2D eigenvalue weighted by molar-refractivity contribution is -0.142. The summed E-state index contributed by atoms with van der Waals surface area (Å²) in [6.45, 7) is 2.24. The molecular weight excluding hydrogens is 240 g/mol. The van der Waals surface area contributed by atoms with Crippen LogP contribution in [0.25, 0.3) is 0 Å². The summed E-state index contributed by atoms with van der Waals surface area (Å²) in [6, 6.07) is 0.726. The van der Waals surface area contributed by atoms with E-state index in [2.05, 4.69) is 10.2 Å². The predicted molar refractivity (Wildman–Crippen MR) is 73.8 cm³/mol. The van der Waals surface area contributed by atoms with Crippen molar-refractivity contribution in [3.63, 3.8) is 0 Å². The largest absolute Gasteiger partial charge is 0.379 e. The highest BCUT2D eigenvalue weighted by atomic mass is 16.5. The van der Waals surface area contributed by atoms with Crippen LogP contribution in [0.1, 0.15) is 38.5 Å². The van der Waals surface area contributed by atoms with E-state index < -0.39 is 0 Å². The molecule has 1 N–H and O–H groups in total. The fourth-order valence-corrected chi connectivity index (χ4v) is 4.19. The fraction of sp³-hybridized carbons (Fsp3) is 0.933. The second-order valence-electron chi connectivity index (χ2n) is 6.32. The Kier molecular flexibility index (Phi) is 4.08. The van der Waals surface area contributed by atoms with Crippen LogP contribution in [0.15, 0.2) is 0 Å². The fourth-order valence-electron chi connectivity index (χ4n) is 4.19. The molecule has 108 valence electrons. The normalized spacial score (nSPS) is 39.1. The molecule has 4 heteroatoms. The zero-order chi connectivity index (χ0) is 13.2. The maximum absolute atomic E-state index is 12.8. The van der Waals surface area contributed by atoms with Gasteiger partial charge in [0.1, 0.15) is 0 Å². The number of nitrogens with zero attached hydrogens (tertiary/aromatic N) is 1. The van der Waals surface area contributed by atoms with Crippen molar-refractivity contribution < 1.29 is 9.53 Å². The van der Waals surface area contributed by atoms with Gasteiger partial charge in [-0.15, -0.1) is 0 Å². The first-order chi connectivity index (χ1) is 9.31. The number of nitrogens with one attached hydrogen (secondary N) is 1. The summed E-state index contributed by atoms with van der Waals surface area (Å²) in [5.74, 6) is 1.14. The van der Waals surface area contributed by atoms with Gasteiger partial charge in [0.2, 0.25) is 5.91 Å². The summed E-state index contributed by atoms with van der Waals surface area (Å²) >= 11 is 0. The molecule has 1 amide bonds. The molecule has 2 aliphatic heterocycles. The Morgan fingerprint density at radius 3 is 2.79 bits per heavy atom.